The van der Waals surface area contributed by atoms with Crippen LogP contribution in [-0.4, -0.2) is 22.2 Å². The van der Waals surface area contributed by atoms with Crippen LogP contribution < -0.4 is 5.32 Å². The Kier molecular flexibility index (Phi) is 5.40. The Morgan fingerprint density at radius 1 is 1.07 bits per heavy atom. The Morgan fingerprint density at radius 3 is 2.41 bits per heavy atom. The number of rotatable bonds is 5. The number of hydrogen-bond acceptors (Lipinski definition) is 2. The lowest BCUT2D eigenvalue weighted by Crippen LogP contribution is -2.29. The summed E-state index contributed by atoms with van der Waals surface area (Å²) in [6, 6.07) is 13.8. The number of carbonyl (C=O) groups is 1. The van der Waals surface area contributed by atoms with Crippen LogP contribution in [0.25, 0.3) is 16.9 Å². The van der Waals surface area contributed by atoms with Crippen LogP contribution in [0.5, 0.6) is 0 Å². The Labute approximate surface area is 159 Å². The predicted molar refractivity (Wildman–Crippen MR) is 106 cm³/mol. The van der Waals surface area contributed by atoms with E-state index in [1.165, 1.54) is 17.7 Å². The van der Waals surface area contributed by atoms with Gasteiger partial charge in [-0.2, -0.15) is 5.10 Å². The maximum atomic E-state index is 13.3. The van der Waals surface area contributed by atoms with Gasteiger partial charge in [-0.05, 0) is 67.3 Å². The van der Waals surface area contributed by atoms with Gasteiger partial charge in [-0.25, -0.2) is 9.07 Å². The molecular weight excluding hydrogens is 341 g/mol. The Hall–Kier alpha value is -2.95. The fourth-order valence-electron chi connectivity index (χ4n) is 2.75. The highest BCUT2D eigenvalue weighted by molar-refractivity contribution is 5.94. The number of halogens is 1. The van der Waals surface area contributed by atoms with Crippen molar-refractivity contribution in [2.24, 2.45) is 5.92 Å². The van der Waals surface area contributed by atoms with Crippen molar-refractivity contribution < 1.29 is 9.18 Å². The van der Waals surface area contributed by atoms with E-state index >= 15 is 0 Å². The van der Waals surface area contributed by atoms with Crippen molar-refractivity contribution in [1.29, 1.82) is 0 Å². The molecule has 0 spiro atoms. The second-order valence-corrected chi connectivity index (χ2v) is 7.21. The van der Waals surface area contributed by atoms with Gasteiger partial charge in [0, 0.05) is 12.1 Å². The van der Waals surface area contributed by atoms with Crippen molar-refractivity contribution in [2.75, 3.05) is 6.54 Å². The molecule has 2 aromatic carbocycles. The molecule has 0 saturated carbocycles. The molecule has 140 valence electrons. The third kappa shape index (κ3) is 4.25. The number of aryl methyl sites for hydroxylation is 2. The molecule has 0 atom stereocenters. The van der Waals surface area contributed by atoms with E-state index in [2.05, 4.69) is 23.4 Å². The second kappa shape index (κ2) is 7.74. The van der Waals surface area contributed by atoms with Gasteiger partial charge in [0.05, 0.1) is 11.4 Å². The van der Waals surface area contributed by atoms with E-state index in [1.807, 2.05) is 32.9 Å². The van der Waals surface area contributed by atoms with Crippen LogP contribution in [0.3, 0.4) is 0 Å². The normalized spacial score (nSPS) is 11.0. The van der Waals surface area contributed by atoms with Crippen LogP contribution in [0.2, 0.25) is 0 Å². The van der Waals surface area contributed by atoms with Crippen LogP contribution in [0, 0.1) is 25.6 Å². The zero-order valence-electron chi connectivity index (χ0n) is 16.1. The van der Waals surface area contributed by atoms with Crippen LogP contribution in [0.4, 0.5) is 4.39 Å². The van der Waals surface area contributed by atoms with Gasteiger partial charge in [0.15, 0.2) is 0 Å². The molecule has 0 bridgehead atoms. The lowest BCUT2D eigenvalue weighted by molar-refractivity contribution is 0.0941. The van der Waals surface area contributed by atoms with E-state index in [0.29, 0.717) is 29.5 Å². The number of amides is 1. The molecule has 27 heavy (non-hydrogen) atoms. The summed E-state index contributed by atoms with van der Waals surface area (Å²) < 4.78 is 14.9. The highest BCUT2D eigenvalue weighted by Crippen LogP contribution is 2.24. The van der Waals surface area contributed by atoms with Crippen molar-refractivity contribution in [3.05, 3.63) is 71.2 Å². The molecule has 0 saturated heterocycles. The van der Waals surface area contributed by atoms with E-state index in [4.69, 9.17) is 0 Å². The average molecular weight is 365 g/mol. The number of nitrogens with one attached hydrogen (secondary N) is 1. The average Bonchev–Trinajstić information content (AvgIpc) is 3.08. The molecular formula is C22H24FN3O. The quantitative estimate of drug-likeness (QED) is 0.713. The van der Waals surface area contributed by atoms with E-state index in [9.17, 15) is 9.18 Å². The van der Waals surface area contributed by atoms with Gasteiger partial charge < -0.3 is 5.32 Å². The SMILES string of the molecule is Cc1ccc(-c2cc(C(=O)NCC(C)C)n(-c3ccc(F)cc3)n2)cc1C. The minimum absolute atomic E-state index is 0.199. The molecule has 1 heterocycles. The fourth-order valence-corrected chi connectivity index (χ4v) is 2.75. The molecule has 0 aliphatic carbocycles. The zero-order valence-corrected chi connectivity index (χ0v) is 16.1. The van der Waals surface area contributed by atoms with E-state index in [-0.39, 0.29) is 11.7 Å². The maximum Gasteiger partial charge on any atom is 0.270 e. The van der Waals surface area contributed by atoms with Gasteiger partial charge >= 0.3 is 0 Å². The minimum atomic E-state index is -0.328. The molecule has 3 aromatic rings. The number of hydrogen-bond donors (Lipinski definition) is 1. The van der Waals surface area contributed by atoms with E-state index in [1.54, 1.807) is 22.9 Å². The lowest BCUT2D eigenvalue weighted by atomic mass is 10.0. The third-order valence-corrected chi connectivity index (χ3v) is 4.49. The molecule has 5 heteroatoms. The minimum Gasteiger partial charge on any atom is -0.350 e. The molecule has 0 unspecified atom stereocenters. The highest BCUT2D eigenvalue weighted by Gasteiger charge is 2.18. The van der Waals surface area contributed by atoms with Crippen LogP contribution in [0.15, 0.2) is 48.5 Å². The number of nitrogens with zero attached hydrogens (tertiary/aromatic N) is 2. The molecule has 0 aliphatic heterocycles. The summed E-state index contributed by atoms with van der Waals surface area (Å²) >= 11 is 0. The maximum absolute atomic E-state index is 13.3. The Morgan fingerprint density at radius 2 is 1.78 bits per heavy atom. The van der Waals surface area contributed by atoms with Gasteiger partial charge in [0.25, 0.3) is 5.91 Å². The number of aromatic nitrogens is 2. The van der Waals surface area contributed by atoms with Gasteiger partial charge in [-0.3, -0.25) is 4.79 Å². The second-order valence-electron chi connectivity index (χ2n) is 7.21. The summed E-state index contributed by atoms with van der Waals surface area (Å²) in [5.74, 6) is -0.183. The summed E-state index contributed by atoms with van der Waals surface area (Å²) in [6.07, 6.45) is 0. The lowest BCUT2D eigenvalue weighted by Gasteiger charge is -2.09. The first-order chi connectivity index (χ1) is 12.8. The van der Waals surface area contributed by atoms with Gasteiger partial charge in [-0.15, -0.1) is 0 Å². The zero-order chi connectivity index (χ0) is 19.6. The van der Waals surface area contributed by atoms with Crippen molar-refractivity contribution in [2.45, 2.75) is 27.7 Å². The fraction of sp³-hybridized carbons (Fsp3) is 0.273. The van der Waals surface area contributed by atoms with Gasteiger partial charge in [0.1, 0.15) is 11.5 Å². The van der Waals surface area contributed by atoms with Crippen molar-refractivity contribution in [1.82, 2.24) is 15.1 Å². The molecule has 0 aliphatic rings. The third-order valence-electron chi connectivity index (χ3n) is 4.49. The largest absolute Gasteiger partial charge is 0.350 e. The first-order valence-corrected chi connectivity index (χ1v) is 9.07. The summed E-state index contributed by atoms with van der Waals surface area (Å²) in [6.45, 7) is 8.76. The predicted octanol–water partition coefficient (Wildman–Crippen LogP) is 4.68. The molecule has 4 nitrogen and oxygen atoms in total. The first kappa shape index (κ1) is 18.8. The molecule has 0 radical (unpaired) electrons. The van der Waals surface area contributed by atoms with E-state index < -0.39 is 0 Å². The topological polar surface area (TPSA) is 46.9 Å². The van der Waals surface area contributed by atoms with E-state index in [0.717, 1.165) is 11.1 Å². The Bertz CT molecular complexity index is 958. The van der Waals surface area contributed by atoms with Crippen molar-refractivity contribution >= 4 is 5.91 Å². The monoisotopic (exact) mass is 365 g/mol. The molecule has 1 N–H and O–H groups in total. The number of carbonyl (C=O) groups excluding carboxylic acids is 1. The summed E-state index contributed by atoms with van der Waals surface area (Å²) in [4.78, 5) is 12.7. The molecule has 3 rings (SSSR count). The molecule has 0 fully saturated rings. The summed E-state index contributed by atoms with van der Waals surface area (Å²) in [5.41, 5.74) is 5.08. The van der Waals surface area contributed by atoms with Crippen LogP contribution in [0.1, 0.15) is 35.5 Å². The summed E-state index contributed by atoms with van der Waals surface area (Å²) in [5, 5.41) is 7.56. The summed E-state index contributed by atoms with van der Waals surface area (Å²) in [7, 11) is 0. The van der Waals surface area contributed by atoms with Gasteiger partial charge in [-0.1, -0.05) is 26.0 Å². The highest BCUT2D eigenvalue weighted by atomic mass is 19.1. The van der Waals surface area contributed by atoms with Crippen LogP contribution in [-0.2, 0) is 0 Å². The number of benzene rings is 2. The molecule has 1 amide bonds. The smallest absolute Gasteiger partial charge is 0.270 e. The molecule has 1 aromatic heterocycles. The first-order valence-electron chi connectivity index (χ1n) is 9.07. The van der Waals surface area contributed by atoms with Crippen molar-refractivity contribution in [3.8, 4) is 16.9 Å². The van der Waals surface area contributed by atoms with Crippen molar-refractivity contribution in [3.63, 3.8) is 0 Å². The van der Waals surface area contributed by atoms with Crippen LogP contribution >= 0.6 is 0 Å². The standard InChI is InChI=1S/C22H24FN3O/c1-14(2)13-24-22(27)21-12-20(17-6-5-15(3)16(4)11-17)25-26(21)19-9-7-18(23)8-10-19/h5-12,14H,13H2,1-4H3,(H,24,27). The Balaban J connectivity index is 2.06. The van der Waals surface area contributed by atoms with Gasteiger partial charge in [0.2, 0.25) is 0 Å².